The van der Waals surface area contributed by atoms with Gasteiger partial charge < -0.3 is 29.2 Å². The highest BCUT2D eigenvalue weighted by Gasteiger charge is 2.57. The molecule has 2 aliphatic heterocycles. The summed E-state index contributed by atoms with van der Waals surface area (Å²) in [5.41, 5.74) is -3.41. The van der Waals surface area contributed by atoms with E-state index < -0.39 is 79.2 Å². The van der Waals surface area contributed by atoms with Gasteiger partial charge in [0, 0.05) is 35.4 Å². The van der Waals surface area contributed by atoms with Gasteiger partial charge in [0.05, 0.1) is 25.4 Å². The maximum Gasteiger partial charge on any atom is 0.330 e. The van der Waals surface area contributed by atoms with Gasteiger partial charge in [-0.05, 0) is 44.8 Å². The summed E-state index contributed by atoms with van der Waals surface area (Å²) < 4.78 is 21.4. The van der Waals surface area contributed by atoms with Crippen LogP contribution in [0.1, 0.15) is 71.0 Å². The van der Waals surface area contributed by atoms with Crippen LogP contribution in [-0.4, -0.2) is 79.4 Å². The summed E-state index contributed by atoms with van der Waals surface area (Å²) in [6.07, 6.45) is 4.00. The number of aliphatic hydroxyl groups excluding tert-OH is 3. The standard InChI is InChI=1S/C20H34N2O5Si.C14H20N2O5/c1-9-10-20(12-23)15(27-28(7,8)19(4,5)6)14(3)17(26-20)22-11-13(2)16(24)21-18(22)25;1-4-5-14(7-17)10(18)9(3)12(21-14)16-6-8(2)11(19)15-13(16)20/h9,11,14-15,17,23H,1,10,12H2,2-8H3,(H,21,24,25);4,6,9-10,12,17-18H,1,5,7H2,2-3H3,(H,15,19,20). The van der Waals surface area contributed by atoms with Gasteiger partial charge in [-0.25, -0.2) is 9.59 Å². The molecule has 2 fully saturated rings. The van der Waals surface area contributed by atoms with Crippen molar-refractivity contribution in [1.29, 1.82) is 0 Å². The zero-order valence-corrected chi connectivity index (χ0v) is 31.1. The zero-order valence-electron chi connectivity index (χ0n) is 30.1. The summed E-state index contributed by atoms with van der Waals surface area (Å²) in [5.74, 6) is -0.649. The van der Waals surface area contributed by atoms with E-state index in [-0.39, 0.29) is 24.0 Å². The third kappa shape index (κ3) is 7.77. The highest BCUT2D eigenvalue weighted by Crippen LogP contribution is 2.48. The highest BCUT2D eigenvalue weighted by molar-refractivity contribution is 6.74. The van der Waals surface area contributed by atoms with Crippen molar-refractivity contribution >= 4 is 8.32 Å². The van der Waals surface area contributed by atoms with E-state index in [9.17, 15) is 34.5 Å². The van der Waals surface area contributed by atoms with Crippen LogP contribution < -0.4 is 22.5 Å². The summed E-state index contributed by atoms with van der Waals surface area (Å²) in [4.78, 5) is 52.1. The van der Waals surface area contributed by atoms with Crippen LogP contribution in [0, 0.1) is 25.7 Å². The van der Waals surface area contributed by atoms with Gasteiger partial charge in [-0.2, -0.15) is 0 Å². The average Bonchev–Trinajstić information content (AvgIpc) is 3.42. The molecule has 0 bridgehead atoms. The van der Waals surface area contributed by atoms with Crippen LogP contribution in [0.3, 0.4) is 0 Å². The molecular weight excluding hydrogens is 652 g/mol. The molecule has 0 spiro atoms. The first-order chi connectivity index (χ1) is 22.7. The number of hydrogen-bond donors (Lipinski definition) is 5. The highest BCUT2D eigenvalue weighted by atomic mass is 28.4. The van der Waals surface area contributed by atoms with Gasteiger partial charge in [-0.1, -0.05) is 46.8 Å². The SMILES string of the molecule is C=CCC1(CO)OC(n2cc(C)c(=O)[nH]c2=O)C(C)C1O.C=CCC1(CO)OC(n2cc(C)c(=O)[nH]c2=O)C(C)C1O[Si](C)(C)C(C)(C)C. The number of aromatic amines is 2. The molecule has 4 heterocycles. The Morgan fingerprint density at radius 1 is 0.857 bits per heavy atom. The number of aliphatic hydroxyl groups is 3. The zero-order chi connectivity index (χ0) is 37.3. The van der Waals surface area contributed by atoms with Crippen molar-refractivity contribution in [2.24, 2.45) is 11.8 Å². The van der Waals surface area contributed by atoms with Gasteiger partial charge in [-0.3, -0.25) is 28.7 Å². The van der Waals surface area contributed by atoms with Gasteiger partial charge in [0.25, 0.3) is 11.1 Å². The molecule has 14 nitrogen and oxygen atoms in total. The second-order valence-corrected chi connectivity index (χ2v) is 19.6. The van der Waals surface area contributed by atoms with Crippen molar-refractivity contribution in [3.63, 3.8) is 0 Å². The summed E-state index contributed by atoms with van der Waals surface area (Å²) in [6.45, 7) is 24.4. The van der Waals surface area contributed by atoms with Gasteiger partial charge in [-0.15, -0.1) is 13.2 Å². The normalized spacial score (nSPS) is 30.1. The first-order valence-electron chi connectivity index (χ1n) is 16.4. The Labute approximate surface area is 287 Å². The maximum absolute atomic E-state index is 12.4. The lowest BCUT2D eigenvalue weighted by molar-refractivity contribution is -0.126. The van der Waals surface area contributed by atoms with E-state index in [0.717, 1.165) is 0 Å². The van der Waals surface area contributed by atoms with E-state index in [1.165, 1.54) is 21.5 Å². The second kappa shape index (κ2) is 15.0. The van der Waals surface area contributed by atoms with Crippen molar-refractivity contribution in [3.05, 3.63) is 90.5 Å². The lowest BCUT2D eigenvalue weighted by Gasteiger charge is -2.43. The molecule has 0 aromatic carbocycles. The van der Waals surface area contributed by atoms with Crippen molar-refractivity contribution < 1.29 is 29.2 Å². The van der Waals surface area contributed by atoms with Crippen LogP contribution >= 0.6 is 0 Å². The van der Waals surface area contributed by atoms with Crippen LogP contribution in [0.25, 0.3) is 0 Å². The Morgan fingerprint density at radius 3 is 1.67 bits per heavy atom. The van der Waals surface area contributed by atoms with Crippen molar-refractivity contribution in [1.82, 2.24) is 19.1 Å². The average molecular weight is 707 g/mol. The molecule has 2 saturated heterocycles. The first-order valence-corrected chi connectivity index (χ1v) is 19.4. The lowest BCUT2D eigenvalue weighted by atomic mass is 9.88. The number of aromatic nitrogens is 4. The molecule has 0 radical (unpaired) electrons. The fourth-order valence-electron chi connectivity index (χ4n) is 6.18. The summed E-state index contributed by atoms with van der Waals surface area (Å²) in [5, 5.41) is 30.2. The molecule has 0 aliphatic carbocycles. The van der Waals surface area contributed by atoms with Crippen LogP contribution in [0.4, 0.5) is 0 Å². The largest absolute Gasteiger partial charge is 0.410 e. The minimum atomic E-state index is -2.18. The molecule has 274 valence electrons. The van der Waals surface area contributed by atoms with Crippen LogP contribution in [0.2, 0.25) is 18.1 Å². The quantitative estimate of drug-likeness (QED) is 0.181. The van der Waals surface area contributed by atoms with Crippen molar-refractivity contribution in [2.75, 3.05) is 13.2 Å². The molecule has 49 heavy (non-hydrogen) atoms. The molecule has 0 amide bonds. The summed E-state index contributed by atoms with van der Waals surface area (Å²) >= 11 is 0. The number of hydrogen-bond acceptors (Lipinski definition) is 10. The molecule has 0 saturated carbocycles. The van der Waals surface area contributed by atoms with E-state index in [4.69, 9.17) is 13.9 Å². The Bertz CT molecular complexity index is 1740. The van der Waals surface area contributed by atoms with Crippen molar-refractivity contribution in [2.45, 2.75) is 115 Å². The van der Waals surface area contributed by atoms with Gasteiger partial charge in [0.15, 0.2) is 8.32 Å². The molecule has 2 aromatic rings. The molecule has 2 aromatic heterocycles. The molecule has 2 aliphatic rings. The summed E-state index contributed by atoms with van der Waals surface area (Å²) in [7, 11) is -2.18. The van der Waals surface area contributed by atoms with Crippen LogP contribution in [-0.2, 0) is 13.9 Å². The Hall–Kier alpha value is -3.18. The van der Waals surface area contributed by atoms with Crippen molar-refractivity contribution in [3.8, 4) is 0 Å². The lowest BCUT2D eigenvalue weighted by Crippen LogP contribution is -2.53. The Morgan fingerprint density at radius 2 is 1.27 bits per heavy atom. The van der Waals surface area contributed by atoms with Gasteiger partial charge in [0.2, 0.25) is 0 Å². The molecule has 15 heteroatoms. The fourth-order valence-corrected chi connectivity index (χ4v) is 7.60. The number of ether oxygens (including phenoxy) is 2. The number of H-pyrrole nitrogens is 2. The fraction of sp³-hybridized carbons (Fsp3) is 0.647. The Balaban J connectivity index is 0.000000276. The molecule has 8 atom stereocenters. The van der Waals surface area contributed by atoms with E-state index in [0.29, 0.717) is 17.5 Å². The maximum atomic E-state index is 12.4. The third-order valence-electron chi connectivity index (χ3n) is 10.2. The van der Waals surface area contributed by atoms with Crippen LogP contribution in [0.5, 0.6) is 0 Å². The molecular formula is C34H54N4O10Si. The third-order valence-corrected chi connectivity index (χ3v) is 14.7. The van der Waals surface area contributed by atoms with Crippen LogP contribution in [0.15, 0.2) is 56.9 Å². The van der Waals surface area contributed by atoms with E-state index >= 15 is 0 Å². The van der Waals surface area contributed by atoms with E-state index in [1.807, 2.05) is 6.92 Å². The van der Waals surface area contributed by atoms with Gasteiger partial charge >= 0.3 is 11.4 Å². The topological polar surface area (TPSA) is 198 Å². The minimum absolute atomic E-state index is 0.0222. The Kier molecular flexibility index (Phi) is 12.3. The predicted octanol–water partition coefficient (Wildman–Crippen LogP) is 2.39. The smallest absolute Gasteiger partial charge is 0.330 e. The predicted molar refractivity (Wildman–Crippen MR) is 188 cm³/mol. The number of rotatable bonds is 10. The second-order valence-electron chi connectivity index (χ2n) is 14.9. The number of nitrogens with one attached hydrogen (secondary N) is 2. The number of nitrogens with zero attached hydrogens (tertiary/aromatic N) is 2. The molecule has 8 unspecified atom stereocenters. The summed E-state index contributed by atoms with van der Waals surface area (Å²) in [6, 6.07) is 0. The van der Waals surface area contributed by atoms with E-state index in [2.05, 4.69) is 57.0 Å². The monoisotopic (exact) mass is 706 g/mol. The minimum Gasteiger partial charge on any atom is -0.410 e. The van der Waals surface area contributed by atoms with E-state index in [1.54, 1.807) is 32.9 Å². The first kappa shape index (κ1) is 40.2. The molecule has 4 rings (SSSR count). The van der Waals surface area contributed by atoms with Gasteiger partial charge in [0.1, 0.15) is 23.7 Å². The number of aryl methyl sites for hydroxylation is 2. The molecule has 5 N–H and O–H groups in total.